The van der Waals surface area contributed by atoms with Gasteiger partial charge in [0.25, 0.3) is 0 Å². The lowest BCUT2D eigenvalue weighted by Gasteiger charge is -2.24. The number of amides is 1. The van der Waals surface area contributed by atoms with Crippen LogP contribution in [0.3, 0.4) is 0 Å². The van der Waals surface area contributed by atoms with Crippen molar-refractivity contribution >= 4 is 11.9 Å². The summed E-state index contributed by atoms with van der Waals surface area (Å²) in [7, 11) is 0. The van der Waals surface area contributed by atoms with Crippen LogP contribution in [0.15, 0.2) is 72.9 Å². The van der Waals surface area contributed by atoms with Crippen molar-refractivity contribution in [2.45, 2.75) is 225 Å². The molecule has 0 fully saturated rings. The maximum Gasteiger partial charge on any atom is 0.306 e. The normalized spacial score (nSPS) is 14.0. The zero-order valence-electron chi connectivity index (χ0n) is 36.5. The molecule has 0 aliphatic carbocycles. The Hall–Kier alpha value is -2.70. The minimum absolute atomic E-state index is 0.0557. The lowest BCUT2D eigenvalue weighted by molar-refractivity contribution is -0.151. The summed E-state index contributed by atoms with van der Waals surface area (Å²) >= 11 is 0. The molecule has 0 heterocycles. The number of carbonyl (C=O) groups excluding carboxylic acids is 2. The second kappa shape index (κ2) is 43.4. The highest BCUT2D eigenvalue weighted by molar-refractivity contribution is 5.77. The Bertz CT molecular complexity index is 1060. The summed E-state index contributed by atoms with van der Waals surface area (Å²) in [5, 5.41) is 23.6. The Morgan fingerprint density at radius 2 is 0.964 bits per heavy atom. The maximum absolute atomic E-state index is 13.1. The zero-order valence-corrected chi connectivity index (χ0v) is 36.5. The maximum atomic E-state index is 13.1. The van der Waals surface area contributed by atoms with E-state index >= 15 is 0 Å². The van der Waals surface area contributed by atoms with Crippen LogP contribution in [0.25, 0.3) is 0 Å². The lowest BCUT2D eigenvalue weighted by Crippen LogP contribution is -2.46. The third kappa shape index (κ3) is 38.2. The Morgan fingerprint density at radius 3 is 1.45 bits per heavy atom. The first-order valence-electron chi connectivity index (χ1n) is 23.2. The summed E-state index contributed by atoms with van der Waals surface area (Å²) < 4.78 is 5.90. The van der Waals surface area contributed by atoms with Gasteiger partial charge >= 0.3 is 5.97 Å². The molecule has 0 aromatic heterocycles. The standard InChI is InChI=1S/C50H87NO5/c1-4-7-10-13-16-19-21-23-24-26-28-31-34-37-40-43-50(55)56-46(41-38-35-32-30-27-25-22-20-17-14-11-8-5-2)44-49(54)51-47(45-52)48(53)42-39-36-33-29-18-15-12-9-6-3/h7-8,10-11,13-14,16-17,19-22,46-48,52-53H,4-6,9,12,15,18,23-45H2,1-3H3,(H,51,54)/b10-7+,11-8+,16-13+,17-14+,21-19+,22-20+. The highest BCUT2D eigenvalue weighted by atomic mass is 16.5. The van der Waals surface area contributed by atoms with Crippen molar-refractivity contribution in [3.05, 3.63) is 72.9 Å². The molecule has 6 nitrogen and oxygen atoms in total. The predicted molar refractivity (Wildman–Crippen MR) is 241 cm³/mol. The molecule has 3 atom stereocenters. The van der Waals surface area contributed by atoms with Gasteiger partial charge in [0.1, 0.15) is 6.10 Å². The molecule has 0 saturated carbocycles. The van der Waals surface area contributed by atoms with Crippen LogP contribution in [0.1, 0.15) is 207 Å². The van der Waals surface area contributed by atoms with Gasteiger partial charge in [-0.1, -0.05) is 203 Å². The second-order valence-corrected chi connectivity index (χ2v) is 15.5. The van der Waals surface area contributed by atoms with Gasteiger partial charge in [-0.3, -0.25) is 9.59 Å². The van der Waals surface area contributed by atoms with E-state index in [0.717, 1.165) is 96.3 Å². The topological polar surface area (TPSA) is 95.9 Å². The molecule has 56 heavy (non-hydrogen) atoms. The van der Waals surface area contributed by atoms with E-state index in [9.17, 15) is 19.8 Å². The van der Waals surface area contributed by atoms with Crippen LogP contribution in [-0.4, -0.2) is 46.9 Å². The smallest absolute Gasteiger partial charge is 0.306 e. The highest BCUT2D eigenvalue weighted by Gasteiger charge is 2.24. The van der Waals surface area contributed by atoms with Crippen LogP contribution in [0.5, 0.6) is 0 Å². The zero-order chi connectivity index (χ0) is 41.0. The molecule has 0 aliphatic heterocycles. The van der Waals surface area contributed by atoms with Crippen molar-refractivity contribution in [1.29, 1.82) is 0 Å². The number of unbranched alkanes of at least 4 members (excludes halogenated alkanes) is 20. The monoisotopic (exact) mass is 782 g/mol. The van der Waals surface area contributed by atoms with Gasteiger partial charge in [0.05, 0.1) is 25.2 Å². The molecular weight excluding hydrogens is 695 g/mol. The number of esters is 1. The molecule has 6 heteroatoms. The van der Waals surface area contributed by atoms with Gasteiger partial charge in [0.2, 0.25) is 5.91 Å². The molecule has 0 bridgehead atoms. The van der Waals surface area contributed by atoms with E-state index in [2.05, 4.69) is 99.0 Å². The molecule has 0 radical (unpaired) electrons. The molecule has 0 aliphatic rings. The van der Waals surface area contributed by atoms with Crippen LogP contribution in [0.2, 0.25) is 0 Å². The van der Waals surface area contributed by atoms with E-state index < -0.39 is 18.2 Å². The van der Waals surface area contributed by atoms with E-state index in [1.807, 2.05) is 0 Å². The van der Waals surface area contributed by atoms with E-state index in [1.165, 1.54) is 64.2 Å². The van der Waals surface area contributed by atoms with Crippen LogP contribution in [0.4, 0.5) is 0 Å². The minimum Gasteiger partial charge on any atom is -0.462 e. The number of rotatable bonds is 40. The number of nitrogens with one attached hydrogen (secondary N) is 1. The van der Waals surface area contributed by atoms with E-state index in [4.69, 9.17) is 4.74 Å². The minimum atomic E-state index is -0.796. The summed E-state index contributed by atoms with van der Waals surface area (Å²) in [4.78, 5) is 26.0. The summed E-state index contributed by atoms with van der Waals surface area (Å²) in [5.41, 5.74) is 0. The first-order valence-corrected chi connectivity index (χ1v) is 23.2. The van der Waals surface area contributed by atoms with Gasteiger partial charge in [0.15, 0.2) is 0 Å². The van der Waals surface area contributed by atoms with Crippen LogP contribution in [-0.2, 0) is 14.3 Å². The Balaban J connectivity index is 4.65. The van der Waals surface area contributed by atoms with Crippen LogP contribution in [0, 0.1) is 0 Å². The first-order chi connectivity index (χ1) is 27.5. The first kappa shape index (κ1) is 53.3. The van der Waals surface area contributed by atoms with Gasteiger partial charge < -0.3 is 20.3 Å². The molecule has 1 amide bonds. The number of ether oxygens (including phenoxy) is 1. The molecule has 3 N–H and O–H groups in total. The number of aliphatic hydroxyl groups excluding tert-OH is 2. The molecule has 0 rings (SSSR count). The van der Waals surface area contributed by atoms with Crippen LogP contribution < -0.4 is 5.32 Å². The third-order valence-electron chi connectivity index (χ3n) is 10.2. The van der Waals surface area contributed by atoms with Crippen molar-refractivity contribution < 1.29 is 24.5 Å². The lowest BCUT2D eigenvalue weighted by atomic mass is 10.0. The summed E-state index contributed by atoms with van der Waals surface area (Å²) in [6.07, 6.45) is 53.9. The second-order valence-electron chi connectivity index (χ2n) is 15.5. The average molecular weight is 782 g/mol. The van der Waals surface area contributed by atoms with Gasteiger partial charge in [0, 0.05) is 6.42 Å². The van der Waals surface area contributed by atoms with Crippen molar-refractivity contribution in [2.75, 3.05) is 6.61 Å². The number of carbonyl (C=O) groups is 2. The molecule has 0 spiro atoms. The molecule has 0 aromatic rings. The van der Waals surface area contributed by atoms with E-state index in [1.54, 1.807) is 0 Å². The number of aliphatic hydroxyl groups is 2. The molecule has 0 saturated heterocycles. The largest absolute Gasteiger partial charge is 0.462 e. The molecular formula is C50H87NO5. The number of hydrogen-bond donors (Lipinski definition) is 3. The molecule has 322 valence electrons. The fourth-order valence-corrected chi connectivity index (χ4v) is 6.66. The summed E-state index contributed by atoms with van der Waals surface area (Å²) in [5.74, 6) is -0.515. The Morgan fingerprint density at radius 1 is 0.536 bits per heavy atom. The highest BCUT2D eigenvalue weighted by Crippen LogP contribution is 2.17. The van der Waals surface area contributed by atoms with Crippen molar-refractivity contribution in [2.24, 2.45) is 0 Å². The van der Waals surface area contributed by atoms with E-state index in [-0.39, 0.29) is 24.9 Å². The van der Waals surface area contributed by atoms with Crippen molar-refractivity contribution in [3.63, 3.8) is 0 Å². The van der Waals surface area contributed by atoms with Crippen molar-refractivity contribution in [1.82, 2.24) is 5.32 Å². The third-order valence-corrected chi connectivity index (χ3v) is 10.2. The van der Waals surface area contributed by atoms with Crippen LogP contribution >= 0.6 is 0 Å². The van der Waals surface area contributed by atoms with Gasteiger partial charge in [-0.2, -0.15) is 0 Å². The molecule has 0 aromatic carbocycles. The Kier molecular flexibility index (Phi) is 41.3. The predicted octanol–water partition coefficient (Wildman–Crippen LogP) is 13.4. The average Bonchev–Trinajstić information content (AvgIpc) is 3.19. The van der Waals surface area contributed by atoms with Gasteiger partial charge in [-0.15, -0.1) is 0 Å². The van der Waals surface area contributed by atoms with Gasteiger partial charge in [-0.05, 0) is 64.2 Å². The number of allylic oxidation sites excluding steroid dienone is 12. The fraction of sp³-hybridized carbons (Fsp3) is 0.720. The molecule has 3 unspecified atom stereocenters. The Labute approximate surface area is 345 Å². The number of hydrogen-bond acceptors (Lipinski definition) is 5. The summed E-state index contributed by atoms with van der Waals surface area (Å²) in [6.45, 7) is 6.18. The van der Waals surface area contributed by atoms with Crippen molar-refractivity contribution in [3.8, 4) is 0 Å². The summed E-state index contributed by atoms with van der Waals surface area (Å²) in [6, 6.07) is -0.711. The van der Waals surface area contributed by atoms with E-state index in [0.29, 0.717) is 19.3 Å². The quantitative estimate of drug-likeness (QED) is 0.0327. The van der Waals surface area contributed by atoms with Gasteiger partial charge in [-0.25, -0.2) is 0 Å². The fourth-order valence-electron chi connectivity index (χ4n) is 6.66. The SMILES string of the molecule is CC/C=C/C=C/C=C/CCCCCCCCCC(=O)OC(CCCCCCC/C=C/C=C/C=C/CC)CC(=O)NC(CO)C(O)CCCCCCCCCCC.